The zero-order valence-corrected chi connectivity index (χ0v) is 13.2. The first-order valence-corrected chi connectivity index (χ1v) is 7.45. The Bertz CT molecular complexity index is 550. The maximum absolute atomic E-state index is 6.24. The Morgan fingerprint density at radius 1 is 1.44 bits per heavy atom. The van der Waals surface area contributed by atoms with Crippen molar-refractivity contribution in [3.8, 4) is 0 Å². The summed E-state index contributed by atoms with van der Waals surface area (Å²) in [6.45, 7) is 6.33. The van der Waals surface area contributed by atoms with Gasteiger partial charge in [-0.05, 0) is 42.3 Å². The van der Waals surface area contributed by atoms with E-state index < -0.39 is 0 Å². The monoisotopic (exact) mass is 329 g/mol. The van der Waals surface area contributed by atoms with E-state index in [9.17, 15) is 0 Å². The highest BCUT2D eigenvalue weighted by Gasteiger charge is 2.19. The number of fused-ring (bicyclic) bond motifs is 1. The van der Waals surface area contributed by atoms with Crippen LogP contribution in [0.1, 0.15) is 50.9 Å². The Hall–Kier alpha value is -0.610. The number of halogens is 2. The summed E-state index contributed by atoms with van der Waals surface area (Å²) in [5, 5.41) is -0.114. The molecule has 5 heteroatoms. The van der Waals surface area contributed by atoms with Crippen LogP contribution in [0.2, 0.25) is 0 Å². The molecule has 0 saturated heterocycles. The number of imidazole rings is 1. The Morgan fingerprint density at radius 3 is 2.78 bits per heavy atom. The number of rotatable bonds is 4. The summed E-state index contributed by atoms with van der Waals surface area (Å²) in [5.41, 5.74) is 1.82. The van der Waals surface area contributed by atoms with E-state index in [1.165, 1.54) is 0 Å². The molecule has 0 bridgehead atoms. The quantitative estimate of drug-likeness (QED) is 0.750. The van der Waals surface area contributed by atoms with Crippen LogP contribution < -0.4 is 0 Å². The van der Waals surface area contributed by atoms with Gasteiger partial charge in [-0.1, -0.05) is 13.3 Å². The smallest absolute Gasteiger partial charge is 0.160 e. The lowest BCUT2D eigenvalue weighted by atomic mass is 10.2. The SMILES string of the molecule is CCCC(C)n1c(C(C)Cl)nc2cc(Br)cnc21. The van der Waals surface area contributed by atoms with Crippen LogP contribution in [0.25, 0.3) is 11.2 Å². The average Bonchev–Trinajstić information content (AvgIpc) is 2.67. The second kappa shape index (κ2) is 5.57. The van der Waals surface area contributed by atoms with Gasteiger partial charge in [-0.15, -0.1) is 11.6 Å². The molecule has 2 heterocycles. The molecule has 2 aromatic heterocycles. The molecule has 3 nitrogen and oxygen atoms in total. The number of hydrogen-bond donors (Lipinski definition) is 0. The van der Waals surface area contributed by atoms with Gasteiger partial charge in [-0.3, -0.25) is 0 Å². The molecule has 2 rings (SSSR count). The lowest BCUT2D eigenvalue weighted by Crippen LogP contribution is -2.10. The molecule has 0 aliphatic rings. The molecule has 98 valence electrons. The van der Waals surface area contributed by atoms with Crippen LogP contribution in [0.3, 0.4) is 0 Å². The van der Waals surface area contributed by atoms with Crippen molar-refractivity contribution in [2.75, 3.05) is 0 Å². The van der Waals surface area contributed by atoms with E-state index in [2.05, 4.69) is 44.3 Å². The van der Waals surface area contributed by atoms with Crippen molar-refractivity contribution in [2.45, 2.75) is 45.0 Å². The predicted octanol–water partition coefficient (Wildman–Crippen LogP) is 4.85. The lowest BCUT2D eigenvalue weighted by molar-refractivity contribution is 0.491. The first-order valence-electron chi connectivity index (χ1n) is 6.22. The summed E-state index contributed by atoms with van der Waals surface area (Å²) in [6.07, 6.45) is 4.04. The van der Waals surface area contributed by atoms with Crippen LogP contribution in [0.4, 0.5) is 0 Å². The van der Waals surface area contributed by atoms with Gasteiger partial charge >= 0.3 is 0 Å². The molecule has 2 atom stereocenters. The van der Waals surface area contributed by atoms with E-state index in [4.69, 9.17) is 11.6 Å². The van der Waals surface area contributed by atoms with E-state index in [-0.39, 0.29) is 5.38 Å². The average molecular weight is 331 g/mol. The first kappa shape index (κ1) is 13.8. The molecular formula is C13H17BrClN3. The molecule has 0 radical (unpaired) electrons. The third kappa shape index (κ3) is 2.54. The Morgan fingerprint density at radius 2 is 2.17 bits per heavy atom. The predicted molar refractivity (Wildman–Crippen MR) is 79.1 cm³/mol. The van der Waals surface area contributed by atoms with Crippen LogP contribution >= 0.6 is 27.5 Å². The molecule has 0 aliphatic heterocycles. The van der Waals surface area contributed by atoms with E-state index in [0.29, 0.717) is 6.04 Å². The van der Waals surface area contributed by atoms with Gasteiger partial charge in [-0.25, -0.2) is 9.97 Å². The van der Waals surface area contributed by atoms with Crippen LogP contribution in [-0.2, 0) is 0 Å². The number of hydrogen-bond acceptors (Lipinski definition) is 2. The zero-order valence-electron chi connectivity index (χ0n) is 10.8. The molecule has 0 spiro atoms. The lowest BCUT2D eigenvalue weighted by Gasteiger charge is -2.17. The molecule has 0 saturated carbocycles. The van der Waals surface area contributed by atoms with Crippen molar-refractivity contribution in [3.05, 3.63) is 22.6 Å². The van der Waals surface area contributed by atoms with Crippen molar-refractivity contribution in [1.82, 2.24) is 14.5 Å². The van der Waals surface area contributed by atoms with Gasteiger partial charge in [0.2, 0.25) is 0 Å². The van der Waals surface area contributed by atoms with Crippen molar-refractivity contribution < 1.29 is 0 Å². The summed E-state index contributed by atoms with van der Waals surface area (Å²) < 4.78 is 3.11. The highest BCUT2D eigenvalue weighted by Crippen LogP contribution is 2.29. The van der Waals surface area contributed by atoms with Gasteiger partial charge < -0.3 is 4.57 Å². The molecule has 0 amide bonds. The fourth-order valence-corrected chi connectivity index (χ4v) is 2.71. The normalized spacial score (nSPS) is 14.9. The van der Waals surface area contributed by atoms with Crippen LogP contribution in [0.5, 0.6) is 0 Å². The van der Waals surface area contributed by atoms with Gasteiger partial charge in [-0.2, -0.15) is 0 Å². The van der Waals surface area contributed by atoms with Gasteiger partial charge in [0.25, 0.3) is 0 Å². The van der Waals surface area contributed by atoms with Crippen LogP contribution in [-0.4, -0.2) is 14.5 Å². The summed E-state index contributed by atoms with van der Waals surface area (Å²) in [6, 6.07) is 2.35. The van der Waals surface area contributed by atoms with Gasteiger partial charge in [0.05, 0.1) is 5.38 Å². The first-order chi connectivity index (χ1) is 8.54. The summed E-state index contributed by atoms with van der Waals surface area (Å²) in [4.78, 5) is 9.10. The largest absolute Gasteiger partial charge is 0.309 e. The molecule has 18 heavy (non-hydrogen) atoms. The fraction of sp³-hybridized carbons (Fsp3) is 0.538. The molecule has 0 aliphatic carbocycles. The van der Waals surface area contributed by atoms with Gasteiger partial charge in [0, 0.05) is 16.7 Å². The van der Waals surface area contributed by atoms with Gasteiger partial charge in [0.15, 0.2) is 5.65 Å². The number of pyridine rings is 1. The molecular weight excluding hydrogens is 314 g/mol. The topological polar surface area (TPSA) is 30.7 Å². The van der Waals surface area contributed by atoms with E-state index in [0.717, 1.165) is 34.3 Å². The van der Waals surface area contributed by atoms with E-state index in [1.807, 2.05) is 19.2 Å². The molecule has 0 fully saturated rings. The van der Waals surface area contributed by atoms with Gasteiger partial charge in [0.1, 0.15) is 11.3 Å². The van der Waals surface area contributed by atoms with Crippen molar-refractivity contribution in [2.24, 2.45) is 0 Å². The summed E-state index contributed by atoms with van der Waals surface area (Å²) in [5.74, 6) is 0.901. The van der Waals surface area contributed by atoms with E-state index in [1.54, 1.807) is 0 Å². The minimum Gasteiger partial charge on any atom is -0.309 e. The highest BCUT2D eigenvalue weighted by molar-refractivity contribution is 9.10. The third-order valence-corrected chi connectivity index (χ3v) is 3.66. The molecule has 0 N–H and O–H groups in total. The fourth-order valence-electron chi connectivity index (χ4n) is 2.24. The van der Waals surface area contributed by atoms with Crippen molar-refractivity contribution >= 4 is 38.7 Å². The van der Waals surface area contributed by atoms with Crippen LogP contribution in [0.15, 0.2) is 16.7 Å². The number of aromatic nitrogens is 3. The minimum absolute atomic E-state index is 0.114. The molecule has 2 unspecified atom stereocenters. The third-order valence-electron chi connectivity index (χ3n) is 3.03. The zero-order chi connectivity index (χ0) is 13.3. The van der Waals surface area contributed by atoms with Crippen molar-refractivity contribution in [3.63, 3.8) is 0 Å². The van der Waals surface area contributed by atoms with Crippen molar-refractivity contribution in [1.29, 1.82) is 0 Å². The molecule has 0 aromatic carbocycles. The maximum Gasteiger partial charge on any atom is 0.160 e. The maximum atomic E-state index is 6.24. The summed E-state index contributed by atoms with van der Waals surface area (Å²) in [7, 11) is 0. The van der Waals surface area contributed by atoms with E-state index >= 15 is 0 Å². The Kier molecular flexibility index (Phi) is 4.28. The standard InChI is InChI=1S/C13H17BrClN3/c1-4-5-8(2)18-12(9(3)15)17-11-6-10(14)7-16-13(11)18/h6-9H,4-5H2,1-3H3. The Balaban J connectivity index is 2.62. The second-order valence-electron chi connectivity index (χ2n) is 4.59. The highest BCUT2D eigenvalue weighted by atomic mass is 79.9. The molecule has 2 aromatic rings. The summed E-state index contributed by atoms with van der Waals surface area (Å²) >= 11 is 9.67. The Labute approximate surface area is 121 Å². The number of alkyl halides is 1. The number of nitrogens with zero attached hydrogens (tertiary/aromatic N) is 3. The van der Waals surface area contributed by atoms with Crippen LogP contribution in [0, 0.1) is 0 Å². The minimum atomic E-state index is -0.114. The second-order valence-corrected chi connectivity index (χ2v) is 6.16.